The van der Waals surface area contributed by atoms with E-state index in [0.29, 0.717) is 0 Å². The summed E-state index contributed by atoms with van der Waals surface area (Å²) in [5, 5.41) is 1.82. The summed E-state index contributed by atoms with van der Waals surface area (Å²) < 4.78 is 30.4. The Morgan fingerprint density at radius 3 is 2.58 bits per heavy atom. The van der Waals surface area contributed by atoms with Gasteiger partial charge >= 0.3 is 6.61 Å². The first kappa shape index (κ1) is 15.9. The maximum atomic E-state index is 12.6. The number of halogens is 3. The van der Waals surface area contributed by atoms with E-state index >= 15 is 0 Å². The molecule has 0 saturated heterocycles. The summed E-state index contributed by atoms with van der Waals surface area (Å²) in [6, 6.07) is 4.83. The fourth-order valence-corrected chi connectivity index (χ4v) is 2.62. The van der Waals surface area contributed by atoms with Gasteiger partial charge in [-0.3, -0.25) is 24.3 Å². The van der Waals surface area contributed by atoms with E-state index in [1.807, 2.05) is 5.32 Å². The van der Waals surface area contributed by atoms with Gasteiger partial charge < -0.3 is 10.5 Å². The number of hydrogen-bond donors (Lipinski definition) is 2. The third kappa shape index (κ3) is 2.38. The molecule has 7 nitrogen and oxygen atoms in total. The van der Waals surface area contributed by atoms with Crippen molar-refractivity contribution in [3.05, 3.63) is 50.8 Å². The summed E-state index contributed by atoms with van der Waals surface area (Å²) in [5.74, 6) is -2.42. The minimum absolute atomic E-state index is 0.180. The van der Waals surface area contributed by atoms with Gasteiger partial charge in [-0.1, -0.05) is 17.7 Å². The fourth-order valence-electron chi connectivity index (χ4n) is 2.41. The number of anilines is 1. The van der Waals surface area contributed by atoms with E-state index in [4.69, 9.17) is 17.3 Å². The number of ether oxygens (including phenoxy) is 1. The molecule has 2 aromatic rings. The highest BCUT2D eigenvalue weighted by molar-refractivity contribution is 6.32. The molecule has 0 unspecified atom stereocenters. The van der Waals surface area contributed by atoms with Gasteiger partial charge in [-0.25, -0.2) is 0 Å². The number of nitrogens with one attached hydrogen (secondary N) is 1. The Kier molecular flexibility index (Phi) is 3.72. The van der Waals surface area contributed by atoms with Gasteiger partial charge in [0.25, 0.3) is 17.4 Å². The molecule has 0 spiro atoms. The highest BCUT2D eigenvalue weighted by atomic mass is 35.5. The number of benzene rings is 1. The van der Waals surface area contributed by atoms with Gasteiger partial charge in [-0.2, -0.15) is 8.78 Å². The lowest BCUT2D eigenvalue weighted by atomic mass is 10.1. The summed E-state index contributed by atoms with van der Waals surface area (Å²) in [7, 11) is 0. The minimum atomic E-state index is -3.19. The van der Waals surface area contributed by atoms with Crippen LogP contribution in [0.5, 0.6) is 5.75 Å². The van der Waals surface area contributed by atoms with E-state index in [1.165, 1.54) is 18.2 Å². The van der Waals surface area contributed by atoms with Crippen LogP contribution in [0.4, 0.5) is 14.6 Å². The molecule has 10 heteroatoms. The number of fused-ring (bicyclic) bond motifs is 1. The highest BCUT2D eigenvalue weighted by Crippen LogP contribution is 2.34. The molecule has 3 rings (SSSR count). The van der Waals surface area contributed by atoms with Gasteiger partial charge in [-0.05, 0) is 12.1 Å². The smallest absolute Gasteiger partial charge is 0.387 e. The Labute approximate surface area is 137 Å². The number of para-hydroxylation sites is 1. The van der Waals surface area contributed by atoms with Crippen LogP contribution >= 0.6 is 11.6 Å². The SMILES string of the molecule is Nc1c2c(cc(=O)n1-c1cccc(Cl)c1OC(F)F)C(=O)NC2=O. The molecule has 0 aliphatic carbocycles. The average molecular weight is 356 g/mol. The zero-order valence-corrected chi connectivity index (χ0v) is 12.4. The number of alkyl halides is 2. The lowest BCUT2D eigenvalue weighted by Crippen LogP contribution is -2.24. The van der Waals surface area contributed by atoms with Crippen molar-refractivity contribution in [2.75, 3.05) is 5.73 Å². The largest absolute Gasteiger partial charge is 0.431 e. The molecule has 0 radical (unpaired) electrons. The molecule has 0 bridgehead atoms. The molecule has 0 saturated carbocycles. The van der Waals surface area contributed by atoms with Gasteiger partial charge in [0.15, 0.2) is 5.75 Å². The topological polar surface area (TPSA) is 103 Å². The predicted molar refractivity (Wildman–Crippen MR) is 79.9 cm³/mol. The maximum absolute atomic E-state index is 12.6. The van der Waals surface area contributed by atoms with E-state index in [2.05, 4.69) is 4.74 Å². The Morgan fingerprint density at radius 1 is 1.21 bits per heavy atom. The monoisotopic (exact) mass is 355 g/mol. The summed E-state index contributed by atoms with van der Waals surface area (Å²) in [6.07, 6.45) is 0. The second-order valence-electron chi connectivity index (χ2n) is 4.74. The molecular weight excluding hydrogens is 348 g/mol. The van der Waals surface area contributed by atoms with Crippen molar-refractivity contribution < 1.29 is 23.1 Å². The van der Waals surface area contributed by atoms with Crippen LogP contribution in [0.2, 0.25) is 5.02 Å². The predicted octanol–water partition coefficient (Wildman–Crippen LogP) is 1.56. The molecule has 1 aliphatic heterocycles. The van der Waals surface area contributed by atoms with Crippen molar-refractivity contribution in [2.45, 2.75) is 6.61 Å². The van der Waals surface area contributed by atoms with Crippen LogP contribution in [0.25, 0.3) is 5.69 Å². The number of rotatable bonds is 3. The van der Waals surface area contributed by atoms with Crippen LogP contribution in [0, 0.1) is 0 Å². The summed E-state index contributed by atoms with van der Waals surface area (Å²) in [4.78, 5) is 35.7. The van der Waals surface area contributed by atoms with Crippen LogP contribution in [0.3, 0.4) is 0 Å². The molecular formula is C14H8ClF2N3O4. The van der Waals surface area contributed by atoms with Crippen molar-refractivity contribution >= 4 is 29.2 Å². The number of pyridine rings is 1. The number of imide groups is 1. The number of carbonyl (C=O) groups is 2. The summed E-state index contributed by atoms with van der Waals surface area (Å²) in [5.41, 5.74) is 4.44. The average Bonchev–Trinajstić information content (AvgIpc) is 2.76. The van der Waals surface area contributed by atoms with Crippen molar-refractivity contribution in [1.82, 2.24) is 9.88 Å². The van der Waals surface area contributed by atoms with Crippen LogP contribution < -0.4 is 21.3 Å². The molecule has 2 heterocycles. The van der Waals surface area contributed by atoms with Gasteiger partial charge in [0.05, 0.1) is 21.8 Å². The molecule has 1 aromatic carbocycles. The number of nitrogens with two attached hydrogens (primary N) is 1. The summed E-state index contributed by atoms with van der Waals surface area (Å²) >= 11 is 5.85. The first-order valence-electron chi connectivity index (χ1n) is 6.46. The molecule has 124 valence electrons. The second-order valence-corrected chi connectivity index (χ2v) is 5.15. The minimum Gasteiger partial charge on any atom is -0.431 e. The van der Waals surface area contributed by atoms with E-state index in [9.17, 15) is 23.2 Å². The van der Waals surface area contributed by atoms with Crippen LogP contribution in [-0.4, -0.2) is 23.0 Å². The highest BCUT2D eigenvalue weighted by Gasteiger charge is 2.32. The number of nitrogen functional groups attached to an aromatic ring is 1. The molecule has 1 aliphatic rings. The molecule has 3 N–H and O–H groups in total. The molecule has 2 amide bonds. The van der Waals surface area contributed by atoms with Gasteiger partial charge in [-0.15, -0.1) is 0 Å². The summed E-state index contributed by atoms with van der Waals surface area (Å²) in [6.45, 7) is -3.19. The maximum Gasteiger partial charge on any atom is 0.387 e. The Bertz CT molecular complexity index is 942. The van der Waals surface area contributed by atoms with E-state index in [0.717, 1.165) is 10.6 Å². The normalized spacial score (nSPS) is 13.2. The zero-order chi connectivity index (χ0) is 17.6. The number of nitrogens with zero attached hydrogens (tertiary/aromatic N) is 1. The lowest BCUT2D eigenvalue weighted by Gasteiger charge is -2.16. The third-order valence-electron chi connectivity index (χ3n) is 3.35. The Hall–Kier alpha value is -2.94. The van der Waals surface area contributed by atoms with Gasteiger partial charge in [0.1, 0.15) is 5.82 Å². The lowest BCUT2D eigenvalue weighted by molar-refractivity contribution is -0.0498. The number of carbonyl (C=O) groups excluding carboxylic acids is 2. The second kappa shape index (κ2) is 5.60. The quantitative estimate of drug-likeness (QED) is 0.813. The first-order chi connectivity index (χ1) is 11.3. The number of hydrogen-bond acceptors (Lipinski definition) is 5. The zero-order valence-electron chi connectivity index (χ0n) is 11.7. The first-order valence-corrected chi connectivity index (χ1v) is 6.84. The van der Waals surface area contributed by atoms with Crippen LogP contribution in [-0.2, 0) is 0 Å². The Morgan fingerprint density at radius 2 is 1.92 bits per heavy atom. The van der Waals surface area contributed by atoms with Crippen molar-refractivity contribution in [2.24, 2.45) is 0 Å². The Balaban J connectivity index is 2.32. The standard InChI is InChI=1S/C14H8ClF2N3O4/c15-6-2-1-3-7(10(6)24-14(16)17)20-8(21)4-5-9(11(20)18)13(23)19-12(5)22/h1-4,14H,18H2,(H,19,22,23). The van der Waals surface area contributed by atoms with E-state index < -0.39 is 29.7 Å². The van der Waals surface area contributed by atoms with Crippen molar-refractivity contribution in [3.63, 3.8) is 0 Å². The number of amides is 2. The van der Waals surface area contributed by atoms with Crippen LogP contribution in [0.1, 0.15) is 20.7 Å². The number of aromatic nitrogens is 1. The van der Waals surface area contributed by atoms with Gasteiger partial charge in [0.2, 0.25) is 0 Å². The van der Waals surface area contributed by atoms with Gasteiger partial charge in [0, 0.05) is 6.07 Å². The van der Waals surface area contributed by atoms with E-state index in [-0.39, 0.29) is 27.7 Å². The van der Waals surface area contributed by atoms with Crippen molar-refractivity contribution in [1.29, 1.82) is 0 Å². The molecule has 0 fully saturated rings. The molecule has 24 heavy (non-hydrogen) atoms. The fraction of sp³-hybridized carbons (Fsp3) is 0.0714. The van der Waals surface area contributed by atoms with Crippen molar-refractivity contribution in [3.8, 4) is 11.4 Å². The molecule has 0 atom stereocenters. The van der Waals surface area contributed by atoms with E-state index in [1.54, 1.807) is 0 Å². The van der Waals surface area contributed by atoms with Crippen LogP contribution in [0.15, 0.2) is 29.1 Å². The molecule has 1 aromatic heterocycles. The third-order valence-corrected chi connectivity index (χ3v) is 3.65.